The van der Waals surface area contributed by atoms with Crippen LogP contribution in [0.15, 0.2) is 76.7 Å². The lowest BCUT2D eigenvalue weighted by Gasteiger charge is -2.37. The van der Waals surface area contributed by atoms with Gasteiger partial charge in [-0.15, -0.1) is 0 Å². The van der Waals surface area contributed by atoms with E-state index < -0.39 is 6.17 Å². The largest absolute Gasteiger partial charge is 0.493 e. The number of aryl methyl sites for hydroxylation is 2. The van der Waals surface area contributed by atoms with E-state index in [1.807, 2.05) is 18.2 Å². The van der Waals surface area contributed by atoms with E-state index in [-0.39, 0.29) is 0 Å². The second-order valence-electron chi connectivity index (χ2n) is 11.3. The highest BCUT2D eigenvalue weighted by Gasteiger charge is 2.35. The topological polar surface area (TPSA) is 55.7 Å². The predicted octanol–water partition coefficient (Wildman–Crippen LogP) is 9.70. The van der Waals surface area contributed by atoms with Crippen molar-refractivity contribution in [3.8, 4) is 11.5 Å². The fourth-order valence-electron chi connectivity index (χ4n) is 5.67. The molecule has 0 bridgehead atoms. The molecule has 0 amide bonds. The van der Waals surface area contributed by atoms with Crippen LogP contribution in [0.25, 0.3) is 0 Å². The quantitative estimate of drug-likeness (QED) is 0.145. The van der Waals surface area contributed by atoms with Crippen LogP contribution in [0.2, 0.25) is 0 Å². The van der Waals surface area contributed by atoms with Gasteiger partial charge in [0.05, 0.1) is 26.0 Å². The zero-order valence-corrected chi connectivity index (χ0v) is 27.5. The summed E-state index contributed by atoms with van der Waals surface area (Å²) in [6, 6.07) is 23.4. The van der Waals surface area contributed by atoms with Gasteiger partial charge in [0.2, 0.25) is 0 Å². The Morgan fingerprint density at radius 1 is 0.659 bits per heavy atom. The second-order valence-corrected chi connectivity index (χ2v) is 11.3. The number of nitrogens with zero attached hydrogens (tertiary/aromatic N) is 3. The molecule has 1 heterocycles. The number of hydrogen-bond acceptors (Lipinski definition) is 6. The average molecular weight is 598 g/mol. The Bertz CT molecular complexity index is 1370. The molecule has 3 aromatic rings. The zero-order valence-electron chi connectivity index (χ0n) is 27.5. The molecule has 44 heavy (non-hydrogen) atoms. The smallest absolute Gasteiger partial charge is 0.315 e. The summed E-state index contributed by atoms with van der Waals surface area (Å²) in [4.78, 5) is 12.3. The van der Waals surface area contributed by atoms with Crippen molar-refractivity contribution in [2.45, 2.75) is 98.1 Å². The van der Waals surface area contributed by atoms with Crippen LogP contribution in [0.1, 0.15) is 107 Å². The molecule has 0 fully saturated rings. The van der Waals surface area contributed by atoms with Crippen LogP contribution in [0.4, 0.5) is 5.69 Å². The first kappa shape index (κ1) is 33.1. The minimum absolute atomic E-state index is 0.342. The molecule has 6 nitrogen and oxygen atoms in total. The van der Waals surface area contributed by atoms with Gasteiger partial charge in [-0.05, 0) is 42.9 Å². The molecule has 0 N–H and O–H groups in total. The van der Waals surface area contributed by atoms with Gasteiger partial charge in [0.15, 0.2) is 6.17 Å². The van der Waals surface area contributed by atoms with Gasteiger partial charge in [-0.2, -0.15) is 4.99 Å². The zero-order chi connectivity index (χ0) is 31.1. The molecule has 0 saturated heterocycles. The van der Waals surface area contributed by atoms with E-state index in [9.17, 15) is 0 Å². The second kappa shape index (κ2) is 17.5. The lowest BCUT2D eigenvalue weighted by atomic mass is 10.0. The molecule has 3 aromatic carbocycles. The fraction of sp³-hybridized carbons (Fsp3) is 0.474. The summed E-state index contributed by atoms with van der Waals surface area (Å²) in [5.74, 6) is 2.57. The summed E-state index contributed by atoms with van der Waals surface area (Å²) in [6.45, 7) is 10.2. The Morgan fingerprint density at radius 2 is 1.27 bits per heavy atom. The highest BCUT2D eigenvalue weighted by molar-refractivity contribution is 6.16. The fourth-order valence-corrected chi connectivity index (χ4v) is 5.67. The monoisotopic (exact) mass is 597 g/mol. The van der Waals surface area contributed by atoms with Crippen molar-refractivity contribution < 1.29 is 14.2 Å². The number of amidine groups is 2. The van der Waals surface area contributed by atoms with E-state index in [0.717, 1.165) is 72.7 Å². The normalized spacial score (nSPS) is 14.7. The van der Waals surface area contributed by atoms with E-state index in [1.165, 1.54) is 36.8 Å². The maximum atomic E-state index is 6.65. The third kappa shape index (κ3) is 8.22. The van der Waals surface area contributed by atoms with Gasteiger partial charge in [0.1, 0.15) is 17.3 Å². The number of methoxy groups -OCH3 is 1. The number of benzene rings is 3. The first-order valence-electron chi connectivity index (χ1n) is 16.7. The molecular formula is C38H51N3O3. The molecule has 1 atom stereocenters. The maximum absolute atomic E-state index is 6.65. The number of aliphatic imine (C=N–C) groups is 2. The lowest BCUT2D eigenvalue weighted by molar-refractivity contribution is 0.296. The Labute approximate surface area is 265 Å². The molecular weight excluding hydrogens is 546 g/mol. The van der Waals surface area contributed by atoms with Crippen LogP contribution >= 0.6 is 0 Å². The van der Waals surface area contributed by atoms with Crippen LogP contribution in [0, 0.1) is 0 Å². The Hall–Kier alpha value is -3.80. The lowest BCUT2D eigenvalue weighted by Crippen LogP contribution is -2.39. The number of rotatable bonds is 17. The Kier molecular flexibility index (Phi) is 13.2. The molecule has 0 aromatic heterocycles. The van der Waals surface area contributed by atoms with Crippen molar-refractivity contribution in [3.05, 3.63) is 89.0 Å². The summed E-state index contributed by atoms with van der Waals surface area (Å²) in [5.41, 5.74) is 5.26. The molecule has 6 heteroatoms. The number of para-hydroxylation sites is 2. The molecule has 1 aliphatic heterocycles. The van der Waals surface area contributed by atoms with Crippen molar-refractivity contribution >= 4 is 17.5 Å². The van der Waals surface area contributed by atoms with Crippen molar-refractivity contribution in [3.63, 3.8) is 0 Å². The summed E-state index contributed by atoms with van der Waals surface area (Å²) in [7, 11) is 1.63. The van der Waals surface area contributed by atoms with E-state index in [1.54, 1.807) is 7.11 Å². The summed E-state index contributed by atoms with van der Waals surface area (Å²) < 4.78 is 19.0. The van der Waals surface area contributed by atoms with E-state index in [0.29, 0.717) is 19.2 Å². The van der Waals surface area contributed by atoms with E-state index >= 15 is 0 Å². The van der Waals surface area contributed by atoms with Crippen LogP contribution < -0.4 is 14.4 Å². The van der Waals surface area contributed by atoms with Crippen LogP contribution in [-0.2, 0) is 17.6 Å². The van der Waals surface area contributed by atoms with Crippen LogP contribution in [-0.4, -0.2) is 32.2 Å². The average Bonchev–Trinajstić information content (AvgIpc) is 3.07. The molecule has 1 unspecified atom stereocenters. The van der Waals surface area contributed by atoms with Crippen molar-refractivity contribution in [1.29, 1.82) is 0 Å². The third-order valence-corrected chi connectivity index (χ3v) is 8.11. The predicted molar refractivity (Wildman–Crippen MR) is 184 cm³/mol. The highest BCUT2D eigenvalue weighted by Crippen LogP contribution is 2.43. The molecule has 0 aliphatic carbocycles. The van der Waals surface area contributed by atoms with Gasteiger partial charge in [-0.3, -0.25) is 4.90 Å². The summed E-state index contributed by atoms with van der Waals surface area (Å²) >= 11 is 0. The van der Waals surface area contributed by atoms with Crippen molar-refractivity contribution in [2.75, 3.05) is 25.2 Å². The minimum Gasteiger partial charge on any atom is -0.493 e. The van der Waals surface area contributed by atoms with Gasteiger partial charge in [0.25, 0.3) is 0 Å². The Morgan fingerprint density at radius 3 is 1.89 bits per heavy atom. The van der Waals surface area contributed by atoms with E-state index in [2.05, 4.69) is 81.1 Å². The minimum atomic E-state index is -0.468. The number of unbranched alkanes of at least 4 members (excludes halogenated alkanes) is 6. The Balaban J connectivity index is 1.86. The maximum Gasteiger partial charge on any atom is 0.315 e. The number of anilines is 1. The number of ether oxygens (including phenoxy) is 3. The molecule has 4 rings (SSSR count). The van der Waals surface area contributed by atoms with Gasteiger partial charge in [-0.25, -0.2) is 4.99 Å². The first-order chi connectivity index (χ1) is 21.7. The van der Waals surface area contributed by atoms with Crippen molar-refractivity contribution in [2.24, 2.45) is 9.98 Å². The summed E-state index contributed by atoms with van der Waals surface area (Å²) in [6.07, 6.45) is 10.5. The summed E-state index contributed by atoms with van der Waals surface area (Å²) in [5, 5.41) is 0. The molecule has 236 valence electrons. The SMILES string of the molecule is CCCCCCOc1c(CC)cccc1C1N=C(OC)N=C(c2ccccc2)N1c1cccc(CC)c1OCCCCCC. The standard InChI is InChI=1S/C38H51N3O3/c1-6-10-12-17-27-43-34-29(8-3)23-19-25-32(34)37-40-38(42-5)39-36(31-21-15-14-16-22-31)41(37)33-26-20-24-30(9-4)35(33)44-28-18-13-11-7-2/h14-16,19-26,37H,6-13,17-18,27-28H2,1-5H3. The van der Waals surface area contributed by atoms with Gasteiger partial charge < -0.3 is 14.2 Å². The van der Waals surface area contributed by atoms with Crippen LogP contribution in [0.5, 0.6) is 11.5 Å². The molecule has 0 saturated carbocycles. The van der Waals surface area contributed by atoms with Gasteiger partial charge in [-0.1, -0.05) is 127 Å². The van der Waals surface area contributed by atoms with Gasteiger partial charge >= 0.3 is 6.02 Å². The van der Waals surface area contributed by atoms with E-state index in [4.69, 9.17) is 24.2 Å². The molecule has 1 aliphatic rings. The highest BCUT2D eigenvalue weighted by atomic mass is 16.5. The van der Waals surface area contributed by atoms with Gasteiger partial charge in [0, 0.05) is 11.1 Å². The first-order valence-corrected chi connectivity index (χ1v) is 16.7. The molecule has 0 radical (unpaired) electrons. The van der Waals surface area contributed by atoms with Crippen molar-refractivity contribution in [1.82, 2.24) is 0 Å². The molecule has 0 spiro atoms. The number of hydrogen-bond donors (Lipinski definition) is 0. The van der Waals surface area contributed by atoms with Crippen LogP contribution in [0.3, 0.4) is 0 Å². The third-order valence-electron chi connectivity index (χ3n) is 8.11.